The van der Waals surface area contributed by atoms with Crippen LogP contribution in [-0.2, 0) is 19.7 Å². The Bertz CT molecular complexity index is 964. The Morgan fingerprint density at radius 2 is 1.31 bits per heavy atom. The fourth-order valence-corrected chi connectivity index (χ4v) is 4.06. The van der Waals surface area contributed by atoms with E-state index in [1.165, 1.54) is 7.11 Å². The number of methoxy groups -OCH3 is 1. The van der Waals surface area contributed by atoms with E-state index in [0.29, 0.717) is 0 Å². The zero-order valence-electron chi connectivity index (χ0n) is 18.0. The molecule has 0 aromatic heterocycles. The highest BCUT2D eigenvalue weighted by molar-refractivity contribution is 5.86. The largest absolute Gasteiger partial charge is 0.467 e. The van der Waals surface area contributed by atoms with Gasteiger partial charge < -0.3 is 10.1 Å². The quantitative estimate of drug-likeness (QED) is 0.407. The van der Waals surface area contributed by atoms with E-state index < -0.39 is 17.4 Å². The molecule has 0 bridgehead atoms. The van der Waals surface area contributed by atoms with E-state index >= 15 is 0 Å². The Hall–Kier alpha value is -3.91. The monoisotopic (exact) mass is 426 g/mol. The van der Waals surface area contributed by atoms with Gasteiger partial charge >= 0.3 is 5.97 Å². The van der Waals surface area contributed by atoms with Gasteiger partial charge in [0, 0.05) is 12.8 Å². The number of carbonyl (C=O) groups excluding carboxylic acids is 2. The number of esters is 1. The van der Waals surface area contributed by atoms with Crippen molar-refractivity contribution in [1.82, 2.24) is 5.32 Å². The summed E-state index contributed by atoms with van der Waals surface area (Å²) < 4.78 is 4.83. The van der Waals surface area contributed by atoms with Crippen LogP contribution in [0.4, 0.5) is 0 Å². The average molecular weight is 427 g/mol. The molecule has 162 valence electrons. The molecule has 0 heterocycles. The second-order valence-corrected chi connectivity index (χ2v) is 7.52. The first-order valence-electron chi connectivity index (χ1n) is 10.5. The predicted molar refractivity (Wildman–Crippen MR) is 123 cm³/mol. The lowest BCUT2D eigenvalue weighted by Gasteiger charge is -2.36. The Balaban J connectivity index is 2.08. The van der Waals surface area contributed by atoms with Crippen LogP contribution in [0.2, 0.25) is 0 Å². The molecule has 0 fully saturated rings. The molecule has 0 unspecified atom stereocenters. The van der Waals surface area contributed by atoms with Gasteiger partial charge in [0.2, 0.25) is 5.91 Å². The molecule has 0 saturated carbocycles. The van der Waals surface area contributed by atoms with Crippen LogP contribution in [0.3, 0.4) is 0 Å². The van der Waals surface area contributed by atoms with Gasteiger partial charge in [-0.15, -0.1) is 0 Å². The molecule has 5 heteroatoms. The summed E-state index contributed by atoms with van der Waals surface area (Å²) in [6.45, 7) is 0. The Labute approximate surface area is 188 Å². The van der Waals surface area contributed by atoms with E-state index in [-0.39, 0.29) is 25.2 Å². The summed E-state index contributed by atoms with van der Waals surface area (Å²) in [5.74, 6) is -0.853. The number of nitrogens with zero attached hydrogens (tertiary/aromatic N) is 1. The second kappa shape index (κ2) is 10.9. The maximum absolute atomic E-state index is 13.4. The maximum atomic E-state index is 13.4. The molecular formula is C27H26N2O3. The molecular weight excluding hydrogens is 400 g/mol. The molecule has 3 rings (SSSR count). The van der Waals surface area contributed by atoms with Crippen LogP contribution in [-0.4, -0.2) is 25.0 Å². The minimum Gasteiger partial charge on any atom is -0.467 e. The number of carbonyl (C=O) groups is 2. The molecule has 0 aliphatic heterocycles. The van der Waals surface area contributed by atoms with Crippen molar-refractivity contribution in [3.8, 4) is 6.07 Å². The first kappa shape index (κ1) is 22.8. The molecule has 1 N–H and O–H groups in total. The number of hydrogen-bond donors (Lipinski definition) is 1. The number of nitrogens with one attached hydrogen (secondary N) is 1. The van der Waals surface area contributed by atoms with E-state index in [1.807, 2.05) is 97.1 Å². The zero-order chi connectivity index (χ0) is 22.8. The third-order valence-electron chi connectivity index (χ3n) is 5.59. The van der Waals surface area contributed by atoms with Gasteiger partial charge in [0.15, 0.2) is 0 Å². The van der Waals surface area contributed by atoms with Crippen LogP contribution < -0.4 is 5.32 Å². The topological polar surface area (TPSA) is 79.2 Å². The van der Waals surface area contributed by atoms with Crippen molar-refractivity contribution in [2.24, 2.45) is 0 Å². The summed E-state index contributed by atoms with van der Waals surface area (Å²) in [7, 11) is 1.27. The Morgan fingerprint density at radius 3 is 1.69 bits per heavy atom. The molecule has 0 aliphatic rings. The second-order valence-electron chi connectivity index (χ2n) is 7.52. The fraction of sp³-hybridized carbons (Fsp3) is 0.222. The number of benzene rings is 3. The van der Waals surface area contributed by atoms with E-state index in [9.17, 15) is 9.59 Å². The van der Waals surface area contributed by atoms with E-state index in [0.717, 1.165) is 16.7 Å². The number of rotatable bonds is 9. The molecule has 0 radical (unpaired) electrons. The van der Waals surface area contributed by atoms with E-state index in [4.69, 9.17) is 10.00 Å². The van der Waals surface area contributed by atoms with Gasteiger partial charge in [-0.1, -0.05) is 91.0 Å². The number of nitriles is 1. The van der Waals surface area contributed by atoms with Gasteiger partial charge in [-0.25, -0.2) is 4.79 Å². The van der Waals surface area contributed by atoms with Crippen molar-refractivity contribution in [2.75, 3.05) is 7.11 Å². The first-order valence-corrected chi connectivity index (χ1v) is 10.5. The third-order valence-corrected chi connectivity index (χ3v) is 5.59. The van der Waals surface area contributed by atoms with E-state index in [2.05, 4.69) is 5.32 Å². The summed E-state index contributed by atoms with van der Waals surface area (Å²) in [6.07, 6.45) is 0.427. The van der Waals surface area contributed by atoms with Crippen molar-refractivity contribution in [3.05, 3.63) is 108 Å². The summed E-state index contributed by atoms with van der Waals surface area (Å²) in [5, 5.41) is 11.7. The highest BCUT2D eigenvalue weighted by Gasteiger charge is 2.39. The van der Waals surface area contributed by atoms with Crippen LogP contribution in [0.1, 0.15) is 36.0 Å². The van der Waals surface area contributed by atoms with Crippen LogP contribution in [0, 0.1) is 11.3 Å². The number of hydrogen-bond acceptors (Lipinski definition) is 4. The fourth-order valence-electron chi connectivity index (χ4n) is 4.06. The van der Waals surface area contributed by atoms with E-state index in [1.54, 1.807) is 0 Å². The van der Waals surface area contributed by atoms with Crippen molar-refractivity contribution >= 4 is 11.9 Å². The molecule has 32 heavy (non-hydrogen) atoms. The Kier molecular flexibility index (Phi) is 7.77. The highest BCUT2D eigenvalue weighted by Crippen LogP contribution is 2.42. The standard InChI is InChI=1S/C27H26N2O3/c1-32-26(31)24(18-11-19-28)29-25(30)20-27(21-12-5-2-6-13-21,22-14-7-3-8-15-22)23-16-9-4-10-17-23/h2-10,12-17,24H,11,18,20H2,1H3,(H,29,30)/t24-/m1/s1. The minimum atomic E-state index is -0.868. The third kappa shape index (κ3) is 5.04. The van der Waals surface area contributed by atoms with Gasteiger partial charge in [0.25, 0.3) is 0 Å². The Morgan fingerprint density at radius 1 is 0.875 bits per heavy atom. The lowest BCUT2D eigenvalue weighted by molar-refractivity contribution is -0.145. The summed E-state index contributed by atoms with van der Waals surface area (Å²) in [6, 6.07) is 30.8. The van der Waals surface area contributed by atoms with Gasteiger partial charge in [-0.3, -0.25) is 4.79 Å². The van der Waals surface area contributed by atoms with Crippen molar-refractivity contribution in [2.45, 2.75) is 30.7 Å². The molecule has 0 spiro atoms. The average Bonchev–Trinajstić information content (AvgIpc) is 2.86. The summed E-state index contributed by atoms with van der Waals surface area (Å²) in [4.78, 5) is 25.6. The molecule has 1 atom stereocenters. The van der Waals surface area contributed by atoms with Crippen molar-refractivity contribution in [3.63, 3.8) is 0 Å². The SMILES string of the molecule is COC(=O)[C@@H](CCC#N)NC(=O)CC(c1ccccc1)(c1ccccc1)c1ccccc1. The molecule has 5 nitrogen and oxygen atoms in total. The molecule has 0 aliphatic carbocycles. The molecule has 3 aromatic rings. The number of amides is 1. The lowest BCUT2D eigenvalue weighted by Crippen LogP contribution is -2.45. The minimum absolute atomic E-state index is 0.0884. The normalized spacial score (nSPS) is 11.8. The van der Waals surface area contributed by atoms with Crippen molar-refractivity contribution < 1.29 is 14.3 Å². The molecule has 0 saturated heterocycles. The summed E-state index contributed by atoms with van der Waals surface area (Å²) >= 11 is 0. The van der Waals surface area contributed by atoms with Gasteiger partial charge in [0.1, 0.15) is 6.04 Å². The van der Waals surface area contributed by atoms with Crippen LogP contribution in [0.15, 0.2) is 91.0 Å². The van der Waals surface area contributed by atoms with Crippen molar-refractivity contribution in [1.29, 1.82) is 5.26 Å². The lowest BCUT2D eigenvalue weighted by atomic mass is 9.67. The zero-order valence-corrected chi connectivity index (χ0v) is 18.0. The molecule has 1 amide bonds. The highest BCUT2D eigenvalue weighted by atomic mass is 16.5. The van der Waals surface area contributed by atoms with Crippen LogP contribution in [0.5, 0.6) is 0 Å². The smallest absolute Gasteiger partial charge is 0.328 e. The van der Waals surface area contributed by atoms with Gasteiger partial charge in [-0.05, 0) is 23.1 Å². The van der Waals surface area contributed by atoms with Crippen LogP contribution >= 0.6 is 0 Å². The van der Waals surface area contributed by atoms with Gasteiger partial charge in [0.05, 0.1) is 18.6 Å². The van der Waals surface area contributed by atoms with Gasteiger partial charge in [-0.2, -0.15) is 5.26 Å². The number of ether oxygens (including phenoxy) is 1. The van der Waals surface area contributed by atoms with Crippen LogP contribution in [0.25, 0.3) is 0 Å². The predicted octanol–water partition coefficient (Wildman–Crippen LogP) is 4.37. The summed E-state index contributed by atoms with van der Waals surface area (Å²) in [5.41, 5.74) is 2.15. The maximum Gasteiger partial charge on any atom is 0.328 e. The first-order chi connectivity index (χ1) is 15.6. The molecule has 3 aromatic carbocycles.